The van der Waals surface area contributed by atoms with Crippen LogP contribution in [0.4, 0.5) is 0 Å². The molecule has 1 N–H and O–H groups in total. The van der Waals surface area contributed by atoms with Crippen LogP contribution in [-0.2, 0) is 6.42 Å². The molecule has 25 heavy (non-hydrogen) atoms. The first-order valence-electron chi connectivity index (χ1n) is 8.33. The molecule has 5 heteroatoms. The van der Waals surface area contributed by atoms with Gasteiger partial charge in [0, 0.05) is 18.7 Å². The Kier molecular flexibility index (Phi) is 5.03. The van der Waals surface area contributed by atoms with E-state index < -0.39 is 5.97 Å². The first-order valence-corrected chi connectivity index (χ1v) is 8.33. The van der Waals surface area contributed by atoms with E-state index in [0.29, 0.717) is 18.0 Å². The second-order valence-corrected chi connectivity index (χ2v) is 6.30. The van der Waals surface area contributed by atoms with Gasteiger partial charge in [0.15, 0.2) is 0 Å². The van der Waals surface area contributed by atoms with Crippen LogP contribution in [0, 0.1) is 5.92 Å². The number of ether oxygens (including phenoxy) is 1. The van der Waals surface area contributed by atoms with Gasteiger partial charge in [-0.3, -0.25) is 4.79 Å². The van der Waals surface area contributed by atoms with Crippen molar-refractivity contribution >= 4 is 11.9 Å². The van der Waals surface area contributed by atoms with Crippen molar-refractivity contribution in [3.8, 4) is 5.75 Å². The molecule has 1 saturated heterocycles. The van der Waals surface area contributed by atoms with Crippen LogP contribution < -0.4 is 4.74 Å². The van der Waals surface area contributed by atoms with Crippen molar-refractivity contribution in [1.29, 1.82) is 0 Å². The molecular formula is C20H21NO4. The number of para-hydroxylation sites is 1. The van der Waals surface area contributed by atoms with E-state index in [1.807, 2.05) is 23.1 Å². The van der Waals surface area contributed by atoms with Gasteiger partial charge in [-0.25, -0.2) is 4.79 Å². The molecule has 0 aliphatic carbocycles. The number of aromatic carboxylic acids is 1. The third kappa shape index (κ3) is 3.82. The number of amides is 1. The summed E-state index contributed by atoms with van der Waals surface area (Å²) >= 11 is 0. The summed E-state index contributed by atoms with van der Waals surface area (Å²) in [5, 5.41) is 8.94. The van der Waals surface area contributed by atoms with Crippen molar-refractivity contribution in [2.45, 2.75) is 12.8 Å². The summed E-state index contributed by atoms with van der Waals surface area (Å²) in [6, 6.07) is 14.1. The molecule has 1 atom stereocenters. The van der Waals surface area contributed by atoms with E-state index >= 15 is 0 Å². The lowest BCUT2D eigenvalue weighted by molar-refractivity contribution is 0.0695. The summed E-state index contributed by atoms with van der Waals surface area (Å²) in [6.07, 6.45) is 1.84. The fraction of sp³-hybridized carbons (Fsp3) is 0.300. The molecule has 0 saturated carbocycles. The maximum atomic E-state index is 12.6. The third-order valence-corrected chi connectivity index (χ3v) is 4.65. The van der Waals surface area contributed by atoms with Gasteiger partial charge in [0.05, 0.1) is 12.7 Å². The molecular weight excluding hydrogens is 318 g/mol. The Hall–Kier alpha value is -2.82. The van der Waals surface area contributed by atoms with Crippen LogP contribution >= 0.6 is 0 Å². The van der Waals surface area contributed by atoms with Crippen LogP contribution in [0.15, 0.2) is 48.5 Å². The number of carbonyl (C=O) groups is 2. The largest absolute Gasteiger partial charge is 0.496 e. The Balaban J connectivity index is 1.64. The normalized spacial score (nSPS) is 16.7. The summed E-state index contributed by atoms with van der Waals surface area (Å²) in [7, 11) is 1.67. The number of hydrogen-bond acceptors (Lipinski definition) is 3. The van der Waals surface area contributed by atoms with Crippen molar-refractivity contribution in [2.75, 3.05) is 20.2 Å². The summed E-state index contributed by atoms with van der Waals surface area (Å²) < 4.78 is 5.40. The van der Waals surface area contributed by atoms with E-state index in [1.165, 1.54) is 12.1 Å². The van der Waals surface area contributed by atoms with Crippen LogP contribution in [0.2, 0.25) is 0 Å². The van der Waals surface area contributed by atoms with E-state index in [-0.39, 0.29) is 11.5 Å². The van der Waals surface area contributed by atoms with Gasteiger partial charge in [-0.1, -0.05) is 18.2 Å². The molecule has 1 unspecified atom stereocenters. The molecule has 0 spiro atoms. The smallest absolute Gasteiger partial charge is 0.335 e. The predicted molar refractivity (Wildman–Crippen MR) is 94.1 cm³/mol. The zero-order valence-electron chi connectivity index (χ0n) is 14.1. The van der Waals surface area contributed by atoms with Gasteiger partial charge in [-0.15, -0.1) is 0 Å². The number of carboxylic acid groups (broad SMARTS) is 1. The van der Waals surface area contributed by atoms with Crippen molar-refractivity contribution in [3.05, 3.63) is 65.2 Å². The number of carboxylic acids is 1. The first kappa shape index (κ1) is 17.0. The third-order valence-electron chi connectivity index (χ3n) is 4.65. The van der Waals surface area contributed by atoms with E-state index in [4.69, 9.17) is 9.84 Å². The lowest BCUT2D eigenvalue weighted by atomic mass is 9.98. The Bertz CT molecular complexity index is 770. The lowest BCUT2D eigenvalue weighted by Crippen LogP contribution is -2.29. The lowest BCUT2D eigenvalue weighted by Gasteiger charge is -2.17. The van der Waals surface area contributed by atoms with Crippen LogP contribution in [0.25, 0.3) is 0 Å². The minimum absolute atomic E-state index is 0.0422. The van der Waals surface area contributed by atoms with E-state index in [0.717, 1.165) is 30.7 Å². The molecule has 1 aliphatic rings. The van der Waals surface area contributed by atoms with E-state index in [9.17, 15) is 9.59 Å². The van der Waals surface area contributed by atoms with Gasteiger partial charge >= 0.3 is 5.97 Å². The second-order valence-electron chi connectivity index (χ2n) is 6.30. The molecule has 1 aliphatic heterocycles. The van der Waals surface area contributed by atoms with Gasteiger partial charge in [0.2, 0.25) is 0 Å². The zero-order valence-corrected chi connectivity index (χ0v) is 14.1. The Morgan fingerprint density at radius 3 is 2.48 bits per heavy atom. The summed E-state index contributed by atoms with van der Waals surface area (Å²) in [5.41, 5.74) is 1.88. The molecule has 0 bridgehead atoms. The van der Waals surface area contributed by atoms with Gasteiger partial charge in [0.1, 0.15) is 5.75 Å². The molecule has 1 heterocycles. The molecule has 2 aromatic rings. The summed E-state index contributed by atoms with van der Waals surface area (Å²) in [4.78, 5) is 25.3. The van der Waals surface area contributed by atoms with Gasteiger partial charge in [0.25, 0.3) is 5.91 Å². The maximum absolute atomic E-state index is 12.6. The van der Waals surface area contributed by atoms with Crippen LogP contribution in [0.3, 0.4) is 0 Å². The monoisotopic (exact) mass is 339 g/mol. The Labute approximate surface area is 146 Å². The average molecular weight is 339 g/mol. The van der Waals surface area contributed by atoms with Crippen LogP contribution in [0.5, 0.6) is 5.75 Å². The highest BCUT2D eigenvalue weighted by atomic mass is 16.5. The molecule has 0 radical (unpaired) electrons. The van der Waals surface area contributed by atoms with E-state index in [2.05, 4.69) is 6.07 Å². The molecule has 5 nitrogen and oxygen atoms in total. The van der Waals surface area contributed by atoms with Gasteiger partial charge < -0.3 is 14.7 Å². The first-order chi connectivity index (χ1) is 12.1. The minimum atomic E-state index is -0.989. The minimum Gasteiger partial charge on any atom is -0.496 e. The summed E-state index contributed by atoms with van der Waals surface area (Å²) in [5.74, 6) is 0.256. The van der Waals surface area contributed by atoms with Crippen LogP contribution in [0.1, 0.15) is 32.7 Å². The molecule has 3 rings (SSSR count). The predicted octanol–water partition coefficient (Wildman–Crippen LogP) is 3.10. The van der Waals surface area contributed by atoms with Crippen molar-refractivity contribution in [2.24, 2.45) is 5.92 Å². The maximum Gasteiger partial charge on any atom is 0.335 e. The molecule has 0 aromatic heterocycles. The topological polar surface area (TPSA) is 66.8 Å². The average Bonchev–Trinajstić information content (AvgIpc) is 3.10. The van der Waals surface area contributed by atoms with Crippen molar-refractivity contribution < 1.29 is 19.4 Å². The highest BCUT2D eigenvalue weighted by molar-refractivity contribution is 5.96. The summed E-state index contributed by atoms with van der Waals surface area (Å²) in [6.45, 7) is 1.43. The number of carbonyl (C=O) groups excluding carboxylic acids is 1. The second kappa shape index (κ2) is 7.38. The fourth-order valence-corrected chi connectivity index (χ4v) is 3.30. The number of rotatable bonds is 5. The highest BCUT2D eigenvalue weighted by Crippen LogP contribution is 2.27. The van der Waals surface area contributed by atoms with Crippen molar-refractivity contribution in [1.82, 2.24) is 4.90 Å². The number of benzene rings is 2. The van der Waals surface area contributed by atoms with Gasteiger partial charge in [-0.2, -0.15) is 0 Å². The molecule has 1 amide bonds. The highest BCUT2D eigenvalue weighted by Gasteiger charge is 2.27. The molecule has 130 valence electrons. The standard InChI is InChI=1S/C20H21NO4/c1-25-18-5-3-2-4-17(18)12-14-10-11-21(13-14)19(22)15-6-8-16(9-7-15)20(23)24/h2-9,14H,10-13H2,1H3,(H,23,24). The SMILES string of the molecule is COc1ccccc1CC1CCN(C(=O)c2ccc(C(=O)O)cc2)C1. The number of nitrogens with zero attached hydrogens (tertiary/aromatic N) is 1. The van der Waals surface area contributed by atoms with Gasteiger partial charge in [-0.05, 0) is 54.7 Å². The molecule has 2 aromatic carbocycles. The Morgan fingerprint density at radius 1 is 1.12 bits per heavy atom. The van der Waals surface area contributed by atoms with E-state index in [1.54, 1.807) is 19.2 Å². The zero-order chi connectivity index (χ0) is 17.8. The van der Waals surface area contributed by atoms with Crippen LogP contribution in [-0.4, -0.2) is 42.1 Å². The molecule has 1 fully saturated rings. The quantitative estimate of drug-likeness (QED) is 0.909. The fourth-order valence-electron chi connectivity index (χ4n) is 3.30. The number of methoxy groups -OCH3 is 1. The number of hydrogen-bond donors (Lipinski definition) is 1. The van der Waals surface area contributed by atoms with Crippen molar-refractivity contribution in [3.63, 3.8) is 0 Å². The number of likely N-dealkylation sites (tertiary alicyclic amines) is 1. The Morgan fingerprint density at radius 2 is 1.80 bits per heavy atom.